The van der Waals surface area contributed by atoms with Crippen LogP contribution in [0.3, 0.4) is 0 Å². The molecule has 370 valence electrons. The minimum absolute atomic E-state index is 0.00485. The predicted molar refractivity (Wildman–Crippen MR) is 332 cm³/mol. The van der Waals surface area contributed by atoms with Crippen molar-refractivity contribution in [2.45, 2.75) is 59.3 Å². The van der Waals surface area contributed by atoms with Crippen molar-refractivity contribution in [1.29, 1.82) is 0 Å². The molecule has 0 atom stereocenters. The van der Waals surface area contributed by atoms with Crippen LogP contribution in [0.2, 0.25) is 0 Å². The second-order valence-electron chi connectivity index (χ2n) is 23.7. The van der Waals surface area contributed by atoms with Gasteiger partial charge in [-0.2, -0.15) is 0 Å². The van der Waals surface area contributed by atoms with Gasteiger partial charge in [0.25, 0.3) is 6.71 Å². The SMILES string of the molecule is Cc1cc2c3c(c1)N(c1ccc(C(C)(C)C)cc1)c1c(sc4ccc(-c5ccccc5-c5ccccc5)cc14)B3c1c(ccc3c1-c1ccccc1[Si]31c3ccccc3Oc3ccccc31)N2c1ccc(C(C)(C)C)cc1. The Morgan fingerprint density at radius 2 is 0.974 bits per heavy atom. The summed E-state index contributed by atoms with van der Waals surface area (Å²) in [4.78, 5) is 5.25. The lowest BCUT2D eigenvalue weighted by Crippen LogP contribution is -2.74. The van der Waals surface area contributed by atoms with E-state index in [1.807, 2.05) is 11.3 Å². The molecule has 3 nitrogen and oxygen atoms in total. The fourth-order valence-corrected chi connectivity index (χ4v) is 20.3. The van der Waals surface area contributed by atoms with E-state index in [-0.39, 0.29) is 17.5 Å². The third-order valence-electron chi connectivity index (χ3n) is 17.1. The molecule has 1 spiro atoms. The number of ether oxygens (including phenoxy) is 1. The van der Waals surface area contributed by atoms with E-state index in [9.17, 15) is 0 Å². The van der Waals surface area contributed by atoms with Crippen molar-refractivity contribution in [2.24, 2.45) is 0 Å². The molecule has 0 unspecified atom stereocenters. The van der Waals surface area contributed by atoms with Crippen LogP contribution in [-0.4, -0.2) is 14.8 Å². The van der Waals surface area contributed by atoms with Crippen LogP contribution in [-0.2, 0) is 10.8 Å². The average Bonchev–Trinajstić information content (AvgIpc) is 4.01. The van der Waals surface area contributed by atoms with Crippen molar-refractivity contribution in [2.75, 3.05) is 9.80 Å². The molecule has 0 saturated carbocycles. The van der Waals surface area contributed by atoms with Gasteiger partial charge in [0.2, 0.25) is 0 Å². The fourth-order valence-electron chi connectivity index (χ4n) is 13.6. The van der Waals surface area contributed by atoms with Gasteiger partial charge in [-0.05, 0) is 166 Å². The van der Waals surface area contributed by atoms with E-state index in [1.54, 1.807) is 0 Å². The summed E-state index contributed by atoms with van der Waals surface area (Å²) in [5, 5.41) is 6.75. The first kappa shape index (κ1) is 46.2. The molecule has 0 bridgehead atoms. The molecule has 77 heavy (non-hydrogen) atoms. The Balaban J connectivity index is 1.07. The molecule has 10 aromatic carbocycles. The lowest BCUT2D eigenvalue weighted by Gasteiger charge is -2.44. The van der Waals surface area contributed by atoms with Gasteiger partial charge in [-0.15, -0.1) is 11.3 Å². The molecule has 4 aliphatic heterocycles. The van der Waals surface area contributed by atoms with Crippen molar-refractivity contribution >= 4 is 107 Å². The van der Waals surface area contributed by atoms with Gasteiger partial charge >= 0.3 is 0 Å². The van der Waals surface area contributed by atoms with Crippen molar-refractivity contribution < 1.29 is 4.74 Å². The Labute approximate surface area is 457 Å². The number of aryl methyl sites for hydroxylation is 1. The Morgan fingerprint density at radius 3 is 1.60 bits per heavy atom. The van der Waals surface area contributed by atoms with Crippen LogP contribution in [0.4, 0.5) is 34.1 Å². The predicted octanol–water partition coefficient (Wildman–Crippen LogP) is 14.7. The number of hydrogen-bond acceptors (Lipinski definition) is 4. The number of nitrogens with zero attached hydrogens (tertiary/aromatic N) is 2. The molecule has 0 radical (unpaired) electrons. The first-order valence-electron chi connectivity index (χ1n) is 27.2. The molecule has 1 aromatic heterocycles. The molecule has 6 heteroatoms. The number of fused-ring (bicyclic) bond motifs is 16. The van der Waals surface area contributed by atoms with Crippen LogP contribution in [0.25, 0.3) is 43.5 Å². The normalized spacial score (nSPS) is 14.3. The molecule has 5 heterocycles. The summed E-state index contributed by atoms with van der Waals surface area (Å²) >= 11 is 1.98. The molecule has 0 aliphatic carbocycles. The van der Waals surface area contributed by atoms with Crippen molar-refractivity contribution in [3.8, 4) is 44.9 Å². The van der Waals surface area contributed by atoms with Crippen LogP contribution >= 0.6 is 11.3 Å². The van der Waals surface area contributed by atoms with Crippen molar-refractivity contribution in [3.63, 3.8) is 0 Å². The zero-order valence-corrected chi connectivity index (χ0v) is 46.4. The second-order valence-corrected chi connectivity index (χ2v) is 28.4. The quantitative estimate of drug-likeness (QED) is 0.163. The maximum Gasteiger partial charge on any atom is 0.265 e. The first-order valence-corrected chi connectivity index (χ1v) is 30.0. The van der Waals surface area contributed by atoms with Crippen LogP contribution in [0.5, 0.6) is 11.5 Å². The highest BCUT2D eigenvalue weighted by Gasteiger charge is 2.56. The maximum atomic E-state index is 6.90. The number of rotatable bonds is 4. The van der Waals surface area contributed by atoms with Crippen molar-refractivity contribution in [3.05, 3.63) is 235 Å². The highest BCUT2D eigenvalue weighted by Crippen LogP contribution is 2.51. The Hall–Kier alpha value is -8.16. The summed E-state index contributed by atoms with van der Waals surface area (Å²) in [7, 11) is -2.97. The molecule has 4 aliphatic rings. The van der Waals surface area contributed by atoms with E-state index in [4.69, 9.17) is 4.74 Å². The van der Waals surface area contributed by atoms with Gasteiger partial charge in [0.1, 0.15) is 11.5 Å². The molecular formula is C71H57BN2OSSi. The van der Waals surface area contributed by atoms with Gasteiger partial charge in [0, 0.05) is 43.3 Å². The molecule has 0 saturated heterocycles. The Kier molecular flexibility index (Phi) is 10.00. The molecule has 15 rings (SSSR count). The third kappa shape index (κ3) is 6.68. The number of para-hydroxylation sites is 2. The molecule has 0 amide bonds. The van der Waals surface area contributed by atoms with E-state index in [1.165, 1.54) is 119 Å². The second kappa shape index (κ2) is 16.7. The largest absolute Gasteiger partial charge is 0.458 e. The van der Waals surface area contributed by atoms with Gasteiger partial charge in [0.15, 0.2) is 8.07 Å². The lowest BCUT2D eigenvalue weighted by molar-refractivity contribution is 0.487. The van der Waals surface area contributed by atoms with Gasteiger partial charge in [-0.1, -0.05) is 193 Å². The third-order valence-corrected chi connectivity index (χ3v) is 23.2. The van der Waals surface area contributed by atoms with Crippen LogP contribution in [0.15, 0.2) is 218 Å². The summed E-state index contributed by atoms with van der Waals surface area (Å²) in [6.07, 6.45) is 0. The summed E-state index contributed by atoms with van der Waals surface area (Å²) in [6.45, 7) is 16.1. The van der Waals surface area contributed by atoms with E-state index in [0.29, 0.717) is 0 Å². The summed E-state index contributed by atoms with van der Waals surface area (Å²) in [5.41, 5.74) is 21.5. The molecule has 11 aromatic rings. The van der Waals surface area contributed by atoms with E-state index in [0.717, 1.165) is 22.9 Å². The summed E-state index contributed by atoms with van der Waals surface area (Å²) in [5.74, 6) is 1.92. The number of thiophene rings is 1. The van der Waals surface area contributed by atoms with E-state index < -0.39 is 8.07 Å². The van der Waals surface area contributed by atoms with E-state index >= 15 is 0 Å². The zero-order chi connectivity index (χ0) is 52.1. The van der Waals surface area contributed by atoms with Gasteiger partial charge < -0.3 is 14.5 Å². The van der Waals surface area contributed by atoms with Gasteiger partial charge in [-0.25, -0.2) is 0 Å². The van der Waals surface area contributed by atoms with Crippen molar-refractivity contribution in [1.82, 2.24) is 0 Å². The lowest BCUT2D eigenvalue weighted by atomic mass is 9.35. The molecule has 0 fully saturated rings. The van der Waals surface area contributed by atoms with Gasteiger partial charge in [-0.3, -0.25) is 0 Å². The topological polar surface area (TPSA) is 15.7 Å². The van der Waals surface area contributed by atoms with Crippen LogP contribution in [0.1, 0.15) is 58.2 Å². The smallest absolute Gasteiger partial charge is 0.265 e. The maximum absolute atomic E-state index is 6.90. The monoisotopic (exact) mass is 1020 g/mol. The highest BCUT2D eigenvalue weighted by atomic mass is 32.1. The number of hydrogen-bond donors (Lipinski definition) is 0. The summed E-state index contributed by atoms with van der Waals surface area (Å²) in [6, 6.07) is 83.1. The Bertz CT molecular complexity index is 4200. The number of anilines is 6. The summed E-state index contributed by atoms with van der Waals surface area (Å²) < 4.78 is 9.55. The minimum atomic E-state index is -2.97. The first-order chi connectivity index (χ1) is 37.4. The fraction of sp³-hybridized carbons (Fsp3) is 0.127. The average molecular weight is 1030 g/mol. The highest BCUT2D eigenvalue weighted by molar-refractivity contribution is 7.34. The molecular weight excluding hydrogens is 968 g/mol. The van der Waals surface area contributed by atoms with Gasteiger partial charge in [0.05, 0.1) is 5.69 Å². The zero-order valence-electron chi connectivity index (χ0n) is 44.6. The Morgan fingerprint density at radius 1 is 0.442 bits per heavy atom. The van der Waals surface area contributed by atoms with Crippen LogP contribution in [0, 0.1) is 6.92 Å². The van der Waals surface area contributed by atoms with E-state index in [2.05, 4.69) is 277 Å². The van der Waals surface area contributed by atoms with Crippen LogP contribution < -0.4 is 51.0 Å². The standard InChI is InChI=1S/C71H57BN2OSSi/c1-44-41-56-66-57(42-44)74(50-36-32-48(33-37-50)71(5,6)7)68-54-43-46(52-22-12-11-21-51(52)45-19-9-8-10-20-45)29-39-60(54)76-69(68)72(66)67-55(73(56)49-34-30-47(31-35-49)70(2,3)4)38-40-64-65(67)53-23-13-16-26-61(53)77(64)62-27-17-14-24-58(62)75-59-25-15-18-28-63(59)77/h8-43H,1-7H3. The number of benzene rings is 10. The minimum Gasteiger partial charge on any atom is -0.458 e. The molecule has 0 N–H and O–H groups in total.